The second-order valence-electron chi connectivity index (χ2n) is 3.55. The SMILES string of the molecule is NCc1cnn(C2CCCC2)c1Cl. The van der Waals surface area contributed by atoms with Gasteiger partial charge in [-0.05, 0) is 12.8 Å². The maximum atomic E-state index is 6.12. The summed E-state index contributed by atoms with van der Waals surface area (Å²) in [5.74, 6) is 0. The van der Waals surface area contributed by atoms with Crippen molar-refractivity contribution in [2.75, 3.05) is 0 Å². The van der Waals surface area contributed by atoms with Crippen LogP contribution in [0.5, 0.6) is 0 Å². The fourth-order valence-corrected chi connectivity index (χ4v) is 2.23. The molecule has 13 heavy (non-hydrogen) atoms. The van der Waals surface area contributed by atoms with Gasteiger partial charge in [0.15, 0.2) is 0 Å². The summed E-state index contributed by atoms with van der Waals surface area (Å²) in [5, 5.41) is 5.00. The molecule has 1 heterocycles. The number of nitrogens with two attached hydrogens (primary N) is 1. The van der Waals surface area contributed by atoms with Crippen LogP contribution < -0.4 is 5.73 Å². The molecule has 0 atom stereocenters. The summed E-state index contributed by atoms with van der Waals surface area (Å²) < 4.78 is 1.93. The minimum atomic E-state index is 0.478. The first kappa shape index (κ1) is 9.03. The van der Waals surface area contributed by atoms with Crippen molar-refractivity contribution in [3.05, 3.63) is 16.9 Å². The summed E-state index contributed by atoms with van der Waals surface area (Å²) in [7, 11) is 0. The molecule has 0 amide bonds. The zero-order valence-corrected chi connectivity index (χ0v) is 8.30. The lowest BCUT2D eigenvalue weighted by Gasteiger charge is -2.10. The van der Waals surface area contributed by atoms with Gasteiger partial charge in [-0.3, -0.25) is 4.68 Å². The Morgan fingerprint density at radius 1 is 1.54 bits per heavy atom. The fraction of sp³-hybridized carbons (Fsp3) is 0.667. The molecule has 0 saturated heterocycles. The molecule has 1 aliphatic rings. The molecule has 1 aliphatic carbocycles. The van der Waals surface area contributed by atoms with Gasteiger partial charge in [0.1, 0.15) is 5.15 Å². The molecule has 1 aromatic heterocycles. The summed E-state index contributed by atoms with van der Waals surface area (Å²) in [4.78, 5) is 0. The average molecular weight is 200 g/mol. The first-order valence-corrected chi connectivity index (χ1v) is 5.12. The van der Waals surface area contributed by atoms with Crippen molar-refractivity contribution in [1.29, 1.82) is 0 Å². The van der Waals surface area contributed by atoms with Gasteiger partial charge >= 0.3 is 0 Å². The van der Waals surface area contributed by atoms with Gasteiger partial charge in [0.25, 0.3) is 0 Å². The molecule has 0 spiro atoms. The molecule has 2 rings (SSSR count). The number of hydrogen-bond acceptors (Lipinski definition) is 2. The van der Waals surface area contributed by atoms with Crippen molar-refractivity contribution < 1.29 is 0 Å². The van der Waals surface area contributed by atoms with Crippen LogP contribution in [0.15, 0.2) is 6.20 Å². The summed E-state index contributed by atoms with van der Waals surface area (Å²) >= 11 is 6.12. The van der Waals surface area contributed by atoms with Crippen molar-refractivity contribution in [3.8, 4) is 0 Å². The third kappa shape index (κ3) is 1.58. The van der Waals surface area contributed by atoms with E-state index in [0.717, 1.165) is 10.7 Å². The lowest BCUT2D eigenvalue weighted by molar-refractivity contribution is 0.467. The van der Waals surface area contributed by atoms with Crippen LogP contribution in [0.25, 0.3) is 0 Å². The van der Waals surface area contributed by atoms with E-state index in [0.29, 0.717) is 12.6 Å². The Kier molecular flexibility index (Phi) is 2.56. The van der Waals surface area contributed by atoms with E-state index < -0.39 is 0 Å². The third-order valence-corrected chi connectivity index (χ3v) is 3.11. The minimum Gasteiger partial charge on any atom is -0.326 e. The molecule has 0 aromatic carbocycles. The van der Waals surface area contributed by atoms with E-state index in [-0.39, 0.29) is 0 Å². The predicted molar refractivity (Wildman–Crippen MR) is 52.6 cm³/mol. The highest BCUT2D eigenvalue weighted by Crippen LogP contribution is 2.32. The lowest BCUT2D eigenvalue weighted by Crippen LogP contribution is -2.06. The maximum Gasteiger partial charge on any atom is 0.131 e. The molecule has 3 nitrogen and oxygen atoms in total. The predicted octanol–water partition coefficient (Wildman–Crippen LogP) is 2.11. The van der Waals surface area contributed by atoms with Crippen LogP contribution in [0.1, 0.15) is 37.3 Å². The Morgan fingerprint density at radius 2 is 2.23 bits per heavy atom. The highest BCUT2D eigenvalue weighted by atomic mass is 35.5. The van der Waals surface area contributed by atoms with Crippen LogP contribution >= 0.6 is 11.6 Å². The zero-order chi connectivity index (χ0) is 9.26. The van der Waals surface area contributed by atoms with Gasteiger partial charge in [-0.1, -0.05) is 24.4 Å². The first-order valence-electron chi connectivity index (χ1n) is 4.75. The zero-order valence-electron chi connectivity index (χ0n) is 7.54. The van der Waals surface area contributed by atoms with Crippen molar-refractivity contribution in [1.82, 2.24) is 9.78 Å². The number of hydrogen-bond donors (Lipinski definition) is 1. The van der Waals surface area contributed by atoms with E-state index in [1.165, 1.54) is 25.7 Å². The van der Waals surface area contributed by atoms with E-state index in [1.807, 2.05) is 4.68 Å². The van der Waals surface area contributed by atoms with Gasteiger partial charge in [-0.15, -0.1) is 0 Å². The summed E-state index contributed by atoms with van der Waals surface area (Å²) in [6.45, 7) is 0.478. The molecule has 2 N–H and O–H groups in total. The van der Waals surface area contributed by atoms with Crippen LogP contribution in [0.4, 0.5) is 0 Å². The van der Waals surface area contributed by atoms with Crippen LogP contribution in [0.2, 0.25) is 5.15 Å². The van der Waals surface area contributed by atoms with Gasteiger partial charge < -0.3 is 5.73 Å². The molecule has 0 unspecified atom stereocenters. The molecule has 0 aliphatic heterocycles. The van der Waals surface area contributed by atoms with E-state index in [1.54, 1.807) is 6.20 Å². The van der Waals surface area contributed by atoms with Crippen LogP contribution in [-0.4, -0.2) is 9.78 Å². The smallest absolute Gasteiger partial charge is 0.131 e. The molecule has 1 fully saturated rings. The highest BCUT2D eigenvalue weighted by molar-refractivity contribution is 6.30. The molecule has 0 bridgehead atoms. The quantitative estimate of drug-likeness (QED) is 0.793. The van der Waals surface area contributed by atoms with Crippen LogP contribution in [0, 0.1) is 0 Å². The normalized spacial score (nSPS) is 18.3. The topological polar surface area (TPSA) is 43.8 Å². The maximum absolute atomic E-state index is 6.12. The Labute approximate surface area is 82.9 Å². The van der Waals surface area contributed by atoms with Gasteiger partial charge in [0.2, 0.25) is 0 Å². The Morgan fingerprint density at radius 3 is 2.77 bits per heavy atom. The standard InChI is InChI=1S/C9H14ClN3/c10-9-7(5-11)6-12-13(9)8-3-1-2-4-8/h6,8H,1-5,11H2. The molecular formula is C9H14ClN3. The van der Waals surface area contributed by atoms with Gasteiger partial charge in [-0.2, -0.15) is 5.10 Å². The van der Waals surface area contributed by atoms with Crippen molar-refractivity contribution >= 4 is 11.6 Å². The van der Waals surface area contributed by atoms with E-state index in [9.17, 15) is 0 Å². The summed E-state index contributed by atoms with van der Waals surface area (Å²) in [6.07, 6.45) is 6.76. The Bertz CT molecular complexity index is 289. The molecule has 4 heteroatoms. The molecule has 0 radical (unpaired) electrons. The van der Waals surface area contributed by atoms with Gasteiger partial charge in [-0.25, -0.2) is 0 Å². The van der Waals surface area contributed by atoms with E-state index in [2.05, 4.69) is 5.10 Å². The minimum absolute atomic E-state index is 0.478. The Balaban J connectivity index is 2.24. The van der Waals surface area contributed by atoms with Gasteiger partial charge in [0, 0.05) is 12.1 Å². The first-order chi connectivity index (χ1) is 6.33. The molecule has 72 valence electrons. The van der Waals surface area contributed by atoms with E-state index in [4.69, 9.17) is 17.3 Å². The Hall–Kier alpha value is -0.540. The molecule has 1 aromatic rings. The van der Waals surface area contributed by atoms with Crippen molar-refractivity contribution in [3.63, 3.8) is 0 Å². The second-order valence-corrected chi connectivity index (χ2v) is 3.91. The number of aromatic nitrogens is 2. The number of nitrogens with zero attached hydrogens (tertiary/aromatic N) is 2. The molecule has 1 saturated carbocycles. The molecular weight excluding hydrogens is 186 g/mol. The van der Waals surface area contributed by atoms with Crippen molar-refractivity contribution in [2.45, 2.75) is 38.3 Å². The van der Waals surface area contributed by atoms with Crippen molar-refractivity contribution in [2.24, 2.45) is 5.73 Å². The summed E-state index contributed by atoms with van der Waals surface area (Å²) in [5.41, 5.74) is 6.48. The van der Waals surface area contributed by atoms with Crippen LogP contribution in [-0.2, 0) is 6.54 Å². The highest BCUT2D eigenvalue weighted by Gasteiger charge is 2.20. The fourth-order valence-electron chi connectivity index (χ4n) is 1.92. The van der Waals surface area contributed by atoms with Gasteiger partial charge in [0.05, 0.1) is 12.2 Å². The lowest BCUT2D eigenvalue weighted by atomic mass is 10.2. The monoisotopic (exact) mass is 199 g/mol. The average Bonchev–Trinajstić information content (AvgIpc) is 2.72. The number of rotatable bonds is 2. The number of halogens is 1. The van der Waals surface area contributed by atoms with E-state index >= 15 is 0 Å². The van der Waals surface area contributed by atoms with Crippen LogP contribution in [0.3, 0.4) is 0 Å². The largest absolute Gasteiger partial charge is 0.326 e. The summed E-state index contributed by atoms with van der Waals surface area (Å²) in [6, 6.07) is 0.507. The third-order valence-electron chi connectivity index (χ3n) is 2.69. The second kappa shape index (κ2) is 3.68.